The van der Waals surface area contributed by atoms with Crippen LogP contribution in [0.3, 0.4) is 0 Å². The largest absolute Gasteiger partial charge is 0.299 e. The minimum absolute atomic E-state index is 0.289. The lowest BCUT2D eigenvalue weighted by atomic mass is 10.0. The van der Waals surface area contributed by atoms with E-state index in [0.717, 1.165) is 35.2 Å². The van der Waals surface area contributed by atoms with Crippen molar-refractivity contribution in [3.63, 3.8) is 0 Å². The summed E-state index contributed by atoms with van der Waals surface area (Å²) in [6, 6.07) is 8.04. The Morgan fingerprint density at radius 3 is 2.71 bits per heavy atom. The van der Waals surface area contributed by atoms with Crippen molar-refractivity contribution in [2.45, 2.75) is 13.3 Å². The van der Waals surface area contributed by atoms with Gasteiger partial charge in [-0.3, -0.25) is 9.69 Å². The van der Waals surface area contributed by atoms with Gasteiger partial charge in [-0.1, -0.05) is 35.0 Å². The molecule has 0 aromatic heterocycles. The Balaban J connectivity index is 2.19. The van der Waals surface area contributed by atoms with Crippen LogP contribution in [0.2, 0.25) is 0 Å². The van der Waals surface area contributed by atoms with Gasteiger partial charge in [-0.15, -0.1) is 0 Å². The van der Waals surface area contributed by atoms with E-state index in [2.05, 4.69) is 27.8 Å². The molecule has 0 saturated carbocycles. The first-order valence-corrected chi connectivity index (χ1v) is 6.70. The van der Waals surface area contributed by atoms with E-state index in [1.807, 2.05) is 30.3 Å². The summed E-state index contributed by atoms with van der Waals surface area (Å²) in [6.45, 7) is 4.82. The molecule has 90 valence electrons. The Morgan fingerprint density at radius 1 is 1.35 bits per heavy atom. The Labute approximate surface area is 110 Å². The van der Waals surface area contributed by atoms with Crippen molar-refractivity contribution in [3.05, 3.63) is 39.9 Å². The molecule has 0 atom stereocenters. The average Bonchev–Trinajstić information content (AvgIpc) is 2.35. The highest BCUT2D eigenvalue weighted by Crippen LogP contribution is 2.17. The van der Waals surface area contributed by atoms with Gasteiger partial charge in [0.2, 0.25) is 0 Å². The number of Topliss-reactive ketones (excluding diaryl/α,β-unsaturated/α-hetero) is 1. The van der Waals surface area contributed by atoms with Crippen LogP contribution in [0.25, 0.3) is 6.08 Å². The minimum Gasteiger partial charge on any atom is -0.299 e. The monoisotopic (exact) mass is 293 g/mol. The Kier molecular flexibility index (Phi) is 4.13. The van der Waals surface area contributed by atoms with Crippen LogP contribution >= 0.6 is 15.9 Å². The summed E-state index contributed by atoms with van der Waals surface area (Å²) < 4.78 is 1.06. The third-order valence-corrected chi connectivity index (χ3v) is 3.59. The number of carbonyl (C=O) groups is 1. The number of nitrogens with zero attached hydrogens (tertiary/aromatic N) is 1. The summed E-state index contributed by atoms with van der Waals surface area (Å²) in [7, 11) is 0. The van der Waals surface area contributed by atoms with Crippen LogP contribution in [0.1, 0.15) is 18.9 Å². The molecule has 0 radical (unpaired) electrons. The zero-order chi connectivity index (χ0) is 12.3. The maximum absolute atomic E-state index is 11.8. The molecular weight excluding hydrogens is 278 g/mol. The van der Waals surface area contributed by atoms with Crippen molar-refractivity contribution in [2.24, 2.45) is 0 Å². The van der Waals surface area contributed by atoms with Gasteiger partial charge in [0, 0.05) is 29.6 Å². The highest BCUT2D eigenvalue weighted by atomic mass is 79.9. The zero-order valence-corrected chi connectivity index (χ0v) is 11.5. The normalized spacial score (nSPS) is 19.9. The second-order valence-corrected chi connectivity index (χ2v) is 5.18. The number of hydrogen-bond acceptors (Lipinski definition) is 2. The fourth-order valence-corrected chi connectivity index (χ4v) is 2.25. The molecule has 0 N–H and O–H groups in total. The van der Waals surface area contributed by atoms with Crippen LogP contribution in [0, 0.1) is 0 Å². The van der Waals surface area contributed by atoms with E-state index in [4.69, 9.17) is 0 Å². The maximum atomic E-state index is 11.8. The quantitative estimate of drug-likeness (QED) is 0.781. The molecule has 0 spiro atoms. The lowest BCUT2D eigenvalue weighted by Gasteiger charge is -2.26. The zero-order valence-electron chi connectivity index (χ0n) is 9.95. The van der Waals surface area contributed by atoms with Crippen LogP contribution in [-0.2, 0) is 4.79 Å². The molecule has 1 heterocycles. The number of halogens is 1. The standard InChI is InChI=1S/C14H16BrNO/c1-2-16-8-7-14(17)12(10-16)9-11-3-5-13(15)6-4-11/h3-6,9H,2,7-8,10H2,1H3/b12-9+. The molecule has 2 rings (SSSR count). The van der Waals surface area contributed by atoms with Gasteiger partial charge < -0.3 is 0 Å². The third kappa shape index (κ3) is 3.27. The number of likely N-dealkylation sites (tertiary alicyclic amines) is 1. The van der Waals surface area contributed by atoms with Gasteiger partial charge >= 0.3 is 0 Å². The van der Waals surface area contributed by atoms with Crippen LogP contribution in [0.5, 0.6) is 0 Å². The molecule has 1 fully saturated rings. The van der Waals surface area contributed by atoms with E-state index in [1.165, 1.54) is 0 Å². The Bertz CT molecular complexity index is 436. The first-order chi connectivity index (χ1) is 8.19. The molecule has 3 heteroatoms. The smallest absolute Gasteiger partial charge is 0.161 e. The van der Waals surface area contributed by atoms with Gasteiger partial charge in [0.1, 0.15) is 0 Å². The van der Waals surface area contributed by atoms with Crippen LogP contribution in [0.15, 0.2) is 34.3 Å². The van der Waals surface area contributed by atoms with Gasteiger partial charge in [0.15, 0.2) is 5.78 Å². The van der Waals surface area contributed by atoms with Gasteiger partial charge in [-0.05, 0) is 30.3 Å². The number of carbonyl (C=O) groups excluding carboxylic acids is 1. The molecule has 1 aliphatic heterocycles. The van der Waals surface area contributed by atoms with E-state index in [0.29, 0.717) is 6.42 Å². The molecule has 0 unspecified atom stereocenters. The van der Waals surface area contributed by atoms with E-state index >= 15 is 0 Å². The minimum atomic E-state index is 0.289. The number of likely N-dealkylation sites (N-methyl/N-ethyl adjacent to an activating group) is 1. The summed E-state index contributed by atoms with van der Waals surface area (Å²) in [6.07, 6.45) is 2.66. The van der Waals surface area contributed by atoms with Crippen LogP contribution < -0.4 is 0 Å². The van der Waals surface area contributed by atoms with Crippen molar-refractivity contribution >= 4 is 27.8 Å². The Hall–Kier alpha value is -0.930. The first-order valence-electron chi connectivity index (χ1n) is 5.90. The molecule has 17 heavy (non-hydrogen) atoms. The van der Waals surface area contributed by atoms with E-state index in [1.54, 1.807) is 0 Å². The first kappa shape index (κ1) is 12.5. The fraction of sp³-hybridized carbons (Fsp3) is 0.357. The molecule has 1 aliphatic rings. The summed E-state index contributed by atoms with van der Waals surface area (Å²) in [4.78, 5) is 14.1. The van der Waals surface area contributed by atoms with Crippen molar-refractivity contribution < 1.29 is 4.79 Å². The number of hydrogen-bond donors (Lipinski definition) is 0. The summed E-state index contributed by atoms with van der Waals surface area (Å²) in [5.74, 6) is 0.289. The van der Waals surface area contributed by atoms with E-state index in [-0.39, 0.29) is 5.78 Å². The SMILES string of the molecule is CCN1CCC(=O)/C(=C/c2ccc(Br)cc2)C1. The highest BCUT2D eigenvalue weighted by Gasteiger charge is 2.19. The maximum Gasteiger partial charge on any atom is 0.161 e. The van der Waals surface area contributed by atoms with E-state index < -0.39 is 0 Å². The van der Waals surface area contributed by atoms with Gasteiger partial charge in [0.25, 0.3) is 0 Å². The number of ketones is 1. The third-order valence-electron chi connectivity index (χ3n) is 3.07. The average molecular weight is 294 g/mol. The van der Waals surface area contributed by atoms with Crippen molar-refractivity contribution in [2.75, 3.05) is 19.6 Å². The van der Waals surface area contributed by atoms with Gasteiger partial charge in [-0.2, -0.15) is 0 Å². The van der Waals surface area contributed by atoms with Crippen molar-refractivity contribution in [1.29, 1.82) is 0 Å². The fourth-order valence-electron chi connectivity index (χ4n) is 1.98. The van der Waals surface area contributed by atoms with Crippen LogP contribution in [-0.4, -0.2) is 30.3 Å². The molecule has 2 nitrogen and oxygen atoms in total. The number of piperidine rings is 1. The van der Waals surface area contributed by atoms with Crippen molar-refractivity contribution in [1.82, 2.24) is 4.90 Å². The molecule has 1 aromatic carbocycles. The lowest BCUT2D eigenvalue weighted by Crippen LogP contribution is -2.35. The topological polar surface area (TPSA) is 20.3 Å². The predicted molar refractivity (Wildman–Crippen MR) is 73.9 cm³/mol. The van der Waals surface area contributed by atoms with Gasteiger partial charge in [0.05, 0.1) is 0 Å². The predicted octanol–water partition coefficient (Wildman–Crippen LogP) is 3.13. The van der Waals surface area contributed by atoms with Crippen LogP contribution in [0.4, 0.5) is 0 Å². The lowest BCUT2D eigenvalue weighted by molar-refractivity contribution is -0.117. The molecule has 1 saturated heterocycles. The van der Waals surface area contributed by atoms with E-state index in [9.17, 15) is 4.79 Å². The number of rotatable bonds is 2. The molecule has 0 amide bonds. The molecule has 1 aromatic rings. The molecular formula is C14H16BrNO. The second kappa shape index (κ2) is 5.61. The van der Waals surface area contributed by atoms with Gasteiger partial charge in [-0.25, -0.2) is 0 Å². The van der Waals surface area contributed by atoms with Crippen molar-refractivity contribution in [3.8, 4) is 0 Å². The summed E-state index contributed by atoms with van der Waals surface area (Å²) >= 11 is 3.41. The molecule has 0 aliphatic carbocycles. The summed E-state index contributed by atoms with van der Waals surface area (Å²) in [5.41, 5.74) is 2.02. The second-order valence-electron chi connectivity index (χ2n) is 4.26. The molecule has 0 bridgehead atoms. The highest BCUT2D eigenvalue weighted by molar-refractivity contribution is 9.10. The number of benzene rings is 1. The summed E-state index contributed by atoms with van der Waals surface area (Å²) in [5, 5.41) is 0. The Morgan fingerprint density at radius 2 is 2.06 bits per heavy atom.